The van der Waals surface area contributed by atoms with E-state index in [2.05, 4.69) is 14.7 Å². The molecule has 0 aliphatic rings. The van der Waals surface area contributed by atoms with Crippen molar-refractivity contribution in [1.29, 1.82) is 0 Å². The SMILES string of the molecule is COC(=O)CSc1cc(C)nc(-c2ccc(OC)cc2)n1. The number of benzene rings is 1. The smallest absolute Gasteiger partial charge is 0.316 e. The highest BCUT2D eigenvalue weighted by Gasteiger charge is 2.08. The van der Waals surface area contributed by atoms with E-state index in [-0.39, 0.29) is 11.7 Å². The Morgan fingerprint density at radius 1 is 1.19 bits per heavy atom. The fraction of sp³-hybridized carbons (Fsp3) is 0.267. The monoisotopic (exact) mass is 304 g/mol. The number of aromatic nitrogens is 2. The Labute approximate surface area is 127 Å². The summed E-state index contributed by atoms with van der Waals surface area (Å²) in [7, 11) is 3.00. The molecule has 0 radical (unpaired) electrons. The molecule has 0 saturated carbocycles. The Balaban J connectivity index is 2.22. The zero-order valence-electron chi connectivity index (χ0n) is 12.1. The number of hydrogen-bond donors (Lipinski definition) is 0. The molecule has 1 heterocycles. The predicted octanol–water partition coefficient (Wildman–Crippen LogP) is 2.73. The third kappa shape index (κ3) is 4.19. The standard InChI is InChI=1S/C15H16N2O3S/c1-10-8-13(21-9-14(18)20-3)17-15(16-10)11-4-6-12(19-2)7-5-11/h4-8H,9H2,1-3H3. The van der Waals surface area contributed by atoms with Crippen molar-refractivity contribution in [3.63, 3.8) is 0 Å². The first-order chi connectivity index (χ1) is 10.1. The summed E-state index contributed by atoms with van der Waals surface area (Å²) < 4.78 is 9.76. The maximum Gasteiger partial charge on any atom is 0.316 e. The van der Waals surface area contributed by atoms with Gasteiger partial charge in [-0.25, -0.2) is 9.97 Å². The fourth-order valence-corrected chi connectivity index (χ4v) is 2.46. The van der Waals surface area contributed by atoms with E-state index in [1.54, 1.807) is 7.11 Å². The zero-order valence-corrected chi connectivity index (χ0v) is 12.9. The van der Waals surface area contributed by atoms with Crippen molar-refractivity contribution in [2.75, 3.05) is 20.0 Å². The van der Waals surface area contributed by atoms with E-state index in [0.717, 1.165) is 22.0 Å². The molecule has 0 amide bonds. The lowest BCUT2D eigenvalue weighted by Gasteiger charge is -2.06. The van der Waals surface area contributed by atoms with Gasteiger partial charge in [-0.3, -0.25) is 4.79 Å². The summed E-state index contributed by atoms with van der Waals surface area (Å²) in [6.07, 6.45) is 0. The third-order valence-electron chi connectivity index (χ3n) is 2.74. The number of methoxy groups -OCH3 is 2. The number of esters is 1. The van der Waals surface area contributed by atoms with Gasteiger partial charge in [-0.05, 0) is 37.3 Å². The van der Waals surface area contributed by atoms with Crippen molar-refractivity contribution in [2.45, 2.75) is 11.9 Å². The second-order valence-electron chi connectivity index (χ2n) is 4.26. The van der Waals surface area contributed by atoms with Crippen molar-refractivity contribution in [3.05, 3.63) is 36.0 Å². The van der Waals surface area contributed by atoms with E-state index in [1.807, 2.05) is 37.3 Å². The summed E-state index contributed by atoms with van der Waals surface area (Å²) in [5, 5.41) is 0.749. The highest BCUT2D eigenvalue weighted by atomic mass is 32.2. The van der Waals surface area contributed by atoms with Gasteiger partial charge in [0.25, 0.3) is 0 Å². The Morgan fingerprint density at radius 2 is 1.90 bits per heavy atom. The number of aryl methyl sites for hydroxylation is 1. The van der Waals surface area contributed by atoms with Gasteiger partial charge in [0.1, 0.15) is 10.8 Å². The minimum Gasteiger partial charge on any atom is -0.497 e. The lowest BCUT2D eigenvalue weighted by atomic mass is 10.2. The van der Waals surface area contributed by atoms with E-state index in [0.29, 0.717) is 5.82 Å². The van der Waals surface area contributed by atoms with E-state index in [4.69, 9.17) is 4.74 Å². The van der Waals surface area contributed by atoms with Crippen LogP contribution in [-0.2, 0) is 9.53 Å². The molecule has 21 heavy (non-hydrogen) atoms. The van der Waals surface area contributed by atoms with Crippen LogP contribution in [0.15, 0.2) is 35.4 Å². The summed E-state index contributed by atoms with van der Waals surface area (Å²) >= 11 is 1.33. The molecule has 2 rings (SSSR count). The van der Waals surface area contributed by atoms with Crippen LogP contribution in [0.2, 0.25) is 0 Å². The Morgan fingerprint density at radius 3 is 2.52 bits per heavy atom. The summed E-state index contributed by atoms with van der Waals surface area (Å²) in [5.41, 5.74) is 1.75. The van der Waals surface area contributed by atoms with Crippen LogP contribution >= 0.6 is 11.8 Å². The second-order valence-corrected chi connectivity index (χ2v) is 5.26. The van der Waals surface area contributed by atoms with Gasteiger partial charge in [-0.1, -0.05) is 11.8 Å². The molecule has 6 heteroatoms. The molecule has 1 aromatic carbocycles. The molecule has 0 fully saturated rings. The molecule has 0 bridgehead atoms. The van der Waals surface area contributed by atoms with Gasteiger partial charge >= 0.3 is 5.97 Å². The summed E-state index contributed by atoms with van der Waals surface area (Å²) in [5.74, 6) is 1.37. The van der Waals surface area contributed by atoms with Gasteiger partial charge in [0, 0.05) is 11.3 Å². The third-order valence-corrected chi connectivity index (χ3v) is 3.63. The van der Waals surface area contributed by atoms with Crippen LogP contribution in [0.4, 0.5) is 0 Å². The molecular formula is C15H16N2O3S. The summed E-state index contributed by atoms with van der Waals surface area (Å²) in [4.78, 5) is 20.1. The number of carbonyl (C=O) groups excluding carboxylic acids is 1. The van der Waals surface area contributed by atoms with Crippen molar-refractivity contribution < 1.29 is 14.3 Å². The maximum absolute atomic E-state index is 11.2. The molecule has 0 saturated heterocycles. The Hall–Kier alpha value is -2.08. The van der Waals surface area contributed by atoms with Crippen LogP contribution in [0.5, 0.6) is 5.75 Å². The Kier molecular flexibility index (Phi) is 5.16. The van der Waals surface area contributed by atoms with Gasteiger partial charge in [0.05, 0.1) is 20.0 Å². The van der Waals surface area contributed by atoms with E-state index in [1.165, 1.54) is 18.9 Å². The number of thioether (sulfide) groups is 1. The van der Waals surface area contributed by atoms with E-state index >= 15 is 0 Å². The molecule has 0 aliphatic carbocycles. The van der Waals surface area contributed by atoms with Gasteiger partial charge in [0.2, 0.25) is 0 Å². The molecule has 5 nitrogen and oxygen atoms in total. The van der Waals surface area contributed by atoms with Crippen molar-refractivity contribution >= 4 is 17.7 Å². The molecule has 2 aromatic rings. The van der Waals surface area contributed by atoms with E-state index in [9.17, 15) is 4.79 Å². The van der Waals surface area contributed by atoms with Crippen LogP contribution in [-0.4, -0.2) is 35.9 Å². The summed E-state index contributed by atoms with van der Waals surface area (Å²) in [6.45, 7) is 1.90. The average Bonchev–Trinajstić information content (AvgIpc) is 2.52. The first-order valence-electron chi connectivity index (χ1n) is 6.32. The van der Waals surface area contributed by atoms with Crippen LogP contribution in [0.3, 0.4) is 0 Å². The molecule has 110 valence electrons. The van der Waals surface area contributed by atoms with Gasteiger partial charge in [-0.2, -0.15) is 0 Å². The first kappa shape index (κ1) is 15.3. The van der Waals surface area contributed by atoms with Crippen molar-refractivity contribution in [2.24, 2.45) is 0 Å². The van der Waals surface area contributed by atoms with Crippen molar-refractivity contribution in [3.8, 4) is 17.1 Å². The number of ether oxygens (including phenoxy) is 2. The molecule has 0 aliphatic heterocycles. The second kappa shape index (κ2) is 7.08. The molecule has 0 spiro atoms. The van der Waals surface area contributed by atoms with Crippen LogP contribution < -0.4 is 4.74 Å². The predicted molar refractivity (Wildman–Crippen MR) is 81.5 cm³/mol. The largest absolute Gasteiger partial charge is 0.497 e. The zero-order chi connectivity index (χ0) is 15.2. The lowest BCUT2D eigenvalue weighted by Crippen LogP contribution is -2.04. The first-order valence-corrected chi connectivity index (χ1v) is 7.30. The molecule has 0 atom stereocenters. The Bertz CT molecular complexity index is 629. The lowest BCUT2D eigenvalue weighted by molar-refractivity contribution is -0.137. The topological polar surface area (TPSA) is 61.3 Å². The normalized spacial score (nSPS) is 10.2. The van der Waals surface area contributed by atoms with Gasteiger partial charge in [-0.15, -0.1) is 0 Å². The van der Waals surface area contributed by atoms with Crippen LogP contribution in [0.25, 0.3) is 11.4 Å². The van der Waals surface area contributed by atoms with Crippen LogP contribution in [0.1, 0.15) is 5.69 Å². The molecule has 0 unspecified atom stereocenters. The highest BCUT2D eigenvalue weighted by molar-refractivity contribution is 7.99. The maximum atomic E-state index is 11.2. The summed E-state index contributed by atoms with van der Waals surface area (Å²) in [6, 6.07) is 9.38. The van der Waals surface area contributed by atoms with Gasteiger partial charge < -0.3 is 9.47 Å². The fourth-order valence-electron chi connectivity index (χ4n) is 1.67. The van der Waals surface area contributed by atoms with Crippen molar-refractivity contribution in [1.82, 2.24) is 9.97 Å². The number of carbonyl (C=O) groups is 1. The van der Waals surface area contributed by atoms with E-state index < -0.39 is 0 Å². The number of rotatable bonds is 5. The minimum absolute atomic E-state index is 0.231. The molecule has 0 N–H and O–H groups in total. The average molecular weight is 304 g/mol. The quantitative estimate of drug-likeness (QED) is 0.481. The minimum atomic E-state index is -0.276. The number of hydrogen-bond acceptors (Lipinski definition) is 6. The molecule has 1 aromatic heterocycles. The van der Waals surface area contributed by atoms with Crippen LogP contribution in [0, 0.1) is 6.92 Å². The number of nitrogens with zero attached hydrogens (tertiary/aromatic N) is 2. The van der Waals surface area contributed by atoms with Gasteiger partial charge in [0.15, 0.2) is 5.82 Å². The molecular weight excluding hydrogens is 288 g/mol. The highest BCUT2D eigenvalue weighted by Crippen LogP contribution is 2.23.